The highest BCUT2D eigenvalue weighted by atomic mass is 35.5. The molecule has 0 amide bonds. The lowest BCUT2D eigenvalue weighted by Crippen LogP contribution is -1.95. The second kappa shape index (κ2) is 4.11. The molecule has 13 heavy (non-hydrogen) atoms. The Hall–Kier alpha value is -1.27. The maximum atomic E-state index is 13.3. The van der Waals surface area contributed by atoms with Crippen LogP contribution in [0.2, 0.25) is 5.02 Å². The van der Waals surface area contributed by atoms with Crippen molar-refractivity contribution in [3.63, 3.8) is 0 Å². The van der Waals surface area contributed by atoms with E-state index in [-0.39, 0.29) is 17.0 Å². The van der Waals surface area contributed by atoms with Gasteiger partial charge in [0, 0.05) is 5.56 Å². The zero-order valence-corrected chi connectivity index (χ0v) is 7.73. The molecule has 68 valence electrons. The summed E-state index contributed by atoms with van der Waals surface area (Å²) in [7, 11) is 1.42. The first-order chi connectivity index (χ1) is 6.20. The highest BCUT2D eigenvalue weighted by Crippen LogP contribution is 2.27. The standard InChI is InChI=1S/C9H7ClFNO/c1-13-8-3-2-7(10)9(11)6(8)4-5-12/h2-3H,4H2,1H3. The zero-order valence-electron chi connectivity index (χ0n) is 6.97. The van der Waals surface area contributed by atoms with E-state index in [2.05, 4.69) is 0 Å². The Morgan fingerprint density at radius 1 is 1.62 bits per heavy atom. The van der Waals surface area contributed by atoms with Gasteiger partial charge in [-0.2, -0.15) is 5.26 Å². The Labute approximate surface area is 80.5 Å². The summed E-state index contributed by atoms with van der Waals surface area (Å²) >= 11 is 5.54. The van der Waals surface area contributed by atoms with E-state index in [1.165, 1.54) is 19.2 Å². The first-order valence-electron chi connectivity index (χ1n) is 3.58. The van der Waals surface area contributed by atoms with Crippen LogP contribution in [-0.4, -0.2) is 7.11 Å². The highest BCUT2D eigenvalue weighted by molar-refractivity contribution is 6.30. The summed E-state index contributed by atoms with van der Waals surface area (Å²) in [6.07, 6.45) is -0.0461. The number of ether oxygens (including phenoxy) is 1. The lowest BCUT2D eigenvalue weighted by atomic mass is 10.1. The van der Waals surface area contributed by atoms with Gasteiger partial charge in [-0.3, -0.25) is 0 Å². The van der Waals surface area contributed by atoms with Crippen LogP contribution in [-0.2, 0) is 6.42 Å². The Morgan fingerprint density at radius 3 is 2.85 bits per heavy atom. The summed E-state index contributed by atoms with van der Waals surface area (Å²) in [6, 6.07) is 4.79. The van der Waals surface area contributed by atoms with Gasteiger partial charge in [0.2, 0.25) is 0 Å². The molecule has 0 unspecified atom stereocenters. The Bertz CT molecular complexity index is 359. The summed E-state index contributed by atoms with van der Waals surface area (Å²) < 4.78 is 18.2. The Kier molecular flexibility index (Phi) is 3.10. The smallest absolute Gasteiger partial charge is 0.149 e. The Balaban J connectivity index is 3.25. The van der Waals surface area contributed by atoms with E-state index >= 15 is 0 Å². The van der Waals surface area contributed by atoms with E-state index < -0.39 is 5.82 Å². The number of methoxy groups -OCH3 is 1. The molecule has 1 aromatic rings. The topological polar surface area (TPSA) is 33.0 Å². The summed E-state index contributed by atoms with van der Waals surface area (Å²) in [5.41, 5.74) is 0.206. The second-order valence-electron chi connectivity index (χ2n) is 2.38. The van der Waals surface area contributed by atoms with Crippen molar-refractivity contribution in [2.45, 2.75) is 6.42 Å². The minimum Gasteiger partial charge on any atom is -0.496 e. The van der Waals surface area contributed by atoms with E-state index in [1.807, 2.05) is 6.07 Å². The predicted molar refractivity (Wildman–Crippen MR) is 47.3 cm³/mol. The lowest BCUT2D eigenvalue weighted by molar-refractivity contribution is 0.406. The van der Waals surface area contributed by atoms with E-state index in [0.29, 0.717) is 5.75 Å². The molecule has 0 aliphatic heterocycles. The first-order valence-corrected chi connectivity index (χ1v) is 3.96. The molecule has 4 heteroatoms. The van der Waals surface area contributed by atoms with E-state index in [0.717, 1.165) is 0 Å². The molecule has 0 spiro atoms. The second-order valence-corrected chi connectivity index (χ2v) is 2.78. The molecule has 1 rings (SSSR count). The number of benzene rings is 1. The van der Waals surface area contributed by atoms with Crippen LogP contribution in [0.5, 0.6) is 5.75 Å². The maximum Gasteiger partial charge on any atom is 0.149 e. The fourth-order valence-electron chi connectivity index (χ4n) is 1.01. The van der Waals surface area contributed by atoms with Crippen LogP contribution >= 0.6 is 11.6 Å². The van der Waals surface area contributed by atoms with Gasteiger partial charge in [0.1, 0.15) is 11.6 Å². The molecule has 2 nitrogen and oxygen atoms in total. The van der Waals surface area contributed by atoms with E-state index in [4.69, 9.17) is 21.6 Å². The molecule has 0 aliphatic rings. The van der Waals surface area contributed by atoms with Crippen LogP contribution < -0.4 is 4.74 Å². The third-order valence-electron chi connectivity index (χ3n) is 1.63. The number of hydrogen-bond acceptors (Lipinski definition) is 2. The van der Waals surface area contributed by atoms with Crippen LogP contribution in [0.4, 0.5) is 4.39 Å². The van der Waals surface area contributed by atoms with Gasteiger partial charge >= 0.3 is 0 Å². The van der Waals surface area contributed by atoms with Crippen molar-refractivity contribution in [1.82, 2.24) is 0 Å². The monoisotopic (exact) mass is 199 g/mol. The van der Waals surface area contributed by atoms with Crippen LogP contribution in [0.3, 0.4) is 0 Å². The average Bonchev–Trinajstić information content (AvgIpc) is 2.14. The predicted octanol–water partition coefficient (Wildman–Crippen LogP) is 2.55. The highest BCUT2D eigenvalue weighted by Gasteiger charge is 2.11. The number of nitriles is 1. The Morgan fingerprint density at radius 2 is 2.31 bits per heavy atom. The largest absolute Gasteiger partial charge is 0.496 e. The minimum absolute atomic E-state index is 0.00560. The number of rotatable bonds is 2. The van der Waals surface area contributed by atoms with Crippen molar-refractivity contribution in [1.29, 1.82) is 5.26 Å². The van der Waals surface area contributed by atoms with Gasteiger partial charge in [0.25, 0.3) is 0 Å². The summed E-state index contributed by atoms with van der Waals surface area (Å²) in [6.45, 7) is 0. The lowest BCUT2D eigenvalue weighted by Gasteiger charge is -2.06. The van der Waals surface area contributed by atoms with Gasteiger partial charge in [-0.1, -0.05) is 11.6 Å². The van der Waals surface area contributed by atoms with Gasteiger partial charge in [-0.05, 0) is 12.1 Å². The molecule has 0 saturated heterocycles. The minimum atomic E-state index is -0.581. The summed E-state index contributed by atoms with van der Waals surface area (Å²) in [5, 5.41) is 8.45. The van der Waals surface area contributed by atoms with Gasteiger partial charge in [-0.25, -0.2) is 4.39 Å². The van der Waals surface area contributed by atoms with Crippen LogP contribution in [0.25, 0.3) is 0 Å². The van der Waals surface area contributed by atoms with Gasteiger partial charge in [0.05, 0.1) is 24.6 Å². The summed E-state index contributed by atoms with van der Waals surface area (Å²) in [4.78, 5) is 0. The van der Waals surface area contributed by atoms with Crippen molar-refractivity contribution in [3.05, 3.63) is 28.5 Å². The normalized spacial score (nSPS) is 9.38. The molecule has 0 saturated carbocycles. The van der Waals surface area contributed by atoms with Crippen molar-refractivity contribution < 1.29 is 9.13 Å². The molecule has 0 aliphatic carbocycles. The third kappa shape index (κ3) is 1.90. The van der Waals surface area contributed by atoms with Gasteiger partial charge in [0.15, 0.2) is 0 Å². The summed E-state index contributed by atoms with van der Waals surface area (Å²) in [5.74, 6) is -0.231. The zero-order chi connectivity index (χ0) is 9.84. The number of hydrogen-bond donors (Lipinski definition) is 0. The van der Waals surface area contributed by atoms with Crippen molar-refractivity contribution in [2.75, 3.05) is 7.11 Å². The third-order valence-corrected chi connectivity index (χ3v) is 1.92. The maximum absolute atomic E-state index is 13.3. The fourth-order valence-corrected chi connectivity index (χ4v) is 1.19. The number of nitrogens with zero attached hydrogens (tertiary/aromatic N) is 1. The SMILES string of the molecule is COc1ccc(Cl)c(F)c1CC#N. The molecular formula is C9H7ClFNO. The van der Waals surface area contributed by atoms with E-state index in [1.54, 1.807) is 0 Å². The molecule has 1 aromatic carbocycles. The molecule has 0 fully saturated rings. The molecule has 0 N–H and O–H groups in total. The fraction of sp³-hybridized carbons (Fsp3) is 0.222. The van der Waals surface area contributed by atoms with Crippen LogP contribution in [0.15, 0.2) is 12.1 Å². The molecule has 0 aromatic heterocycles. The van der Waals surface area contributed by atoms with Crippen molar-refractivity contribution >= 4 is 11.6 Å². The molecule has 0 radical (unpaired) electrons. The van der Waals surface area contributed by atoms with Gasteiger partial charge in [-0.15, -0.1) is 0 Å². The molecule has 0 heterocycles. The van der Waals surface area contributed by atoms with E-state index in [9.17, 15) is 4.39 Å². The quantitative estimate of drug-likeness (QED) is 0.734. The molecular weight excluding hydrogens is 193 g/mol. The number of halogens is 2. The van der Waals surface area contributed by atoms with Crippen molar-refractivity contribution in [3.8, 4) is 11.8 Å². The van der Waals surface area contributed by atoms with Crippen LogP contribution in [0.1, 0.15) is 5.56 Å². The first kappa shape index (κ1) is 9.82. The van der Waals surface area contributed by atoms with Gasteiger partial charge < -0.3 is 4.74 Å². The molecule has 0 bridgehead atoms. The molecule has 0 atom stereocenters. The average molecular weight is 200 g/mol. The van der Waals surface area contributed by atoms with Crippen LogP contribution in [0, 0.1) is 17.1 Å². The van der Waals surface area contributed by atoms with Crippen molar-refractivity contribution in [2.24, 2.45) is 0 Å².